The zero-order valence-corrected chi connectivity index (χ0v) is 9.91. The van der Waals surface area contributed by atoms with E-state index in [9.17, 15) is 10.1 Å². The molecule has 5 heteroatoms. The molecule has 1 aromatic carbocycles. The molecule has 0 bridgehead atoms. The van der Waals surface area contributed by atoms with Gasteiger partial charge in [-0.05, 0) is 30.7 Å². The summed E-state index contributed by atoms with van der Waals surface area (Å²) >= 11 is 1.84. The van der Waals surface area contributed by atoms with Gasteiger partial charge in [-0.15, -0.1) is 0 Å². The Hall–Kier alpha value is -1.07. The molecule has 0 atom stereocenters. The van der Waals surface area contributed by atoms with Crippen LogP contribution in [0.15, 0.2) is 24.3 Å². The predicted octanol–water partition coefficient (Wildman–Crippen LogP) is 2.57. The summed E-state index contributed by atoms with van der Waals surface area (Å²) in [4.78, 5) is 10.1. The van der Waals surface area contributed by atoms with Crippen molar-refractivity contribution in [1.29, 1.82) is 0 Å². The molecule has 0 unspecified atom stereocenters. The predicted molar refractivity (Wildman–Crippen MR) is 67.5 cm³/mol. The van der Waals surface area contributed by atoms with E-state index in [0.717, 1.165) is 36.5 Å². The number of nitro benzene ring substituents is 1. The van der Waals surface area contributed by atoms with Crippen LogP contribution in [0.25, 0.3) is 0 Å². The molecule has 0 amide bonds. The van der Waals surface area contributed by atoms with Crippen LogP contribution in [0.1, 0.15) is 18.4 Å². The van der Waals surface area contributed by atoms with Crippen LogP contribution in [0.5, 0.6) is 0 Å². The average Bonchev–Trinajstić information content (AvgIpc) is 2.29. The van der Waals surface area contributed by atoms with Crippen LogP contribution < -0.4 is 5.73 Å². The van der Waals surface area contributed by atoms with E-state index < -0.39 is 0 Å². The normalized spacial score (nSPS) is 10.3. The highest BCUT2D eigenvalue weighted by Crippen LogP contribution is 2.17. The Bertz CT molecular complexity index is 327. The van der Waals surface area contributed by atoms with E-state index >= 15 is 0 Å². The molecule has 0 aromatic heterocycles. The van der Waals surface area contributed by atoms with Gasteiger partial charge in [-0.1, -0.05) is 12.1 Å². The highest BCUT2D eigenvalue weighted by molar-refractivity contribution is 7.98. The summed E-state index contributed by atoms with van der Waals surface area (Å²) in [5.74, 6) is 2.00. The van der Waals surface area contributed by atoms with Gasteiger partial charge in [0.1, 0.15) is 0 Å². The summed E-state index contributed by atoms with van der Waals surface area (Å²) in [6, 6.07) is 6.73. The summed E-state index contributed by atoms with van der Waals surface area (Å²) in [5.41, 5.74) is 6.67. The Morgan fingerprint density at radius 3 is 2.50 bits per heavy atom. The van der Waals surface area contributed by atoms with Crippen molar-refractivity contribution in [3.8, 4) is 0 Å². The lowest BCUT2D eigenvalue weighted by molar-refractivity contribution is -0.384. The zero-order valence-electron chi connectivity index (χ0n) is 9.09. The number of nitro groups is 1. The monoisotopic (exact) mass is 240 g/mol. The van der Waals surface area contributed by atoms with E-state index in [1.807, 2.05) is 23.9 Å². The first-order valence-electron chi connectivity index (χ1n) is 5.25. The van der Waals surface area contributed by atoms with Crippen molar-refractivity contribution in [1.82, 2.24) is 0 Å². The molecule has 16 heavy (non-hydrogen) atoms. The van der Waals surface area contributed by atoms with Gasteiger partial charge in [-0.3, -0.25) is 10.1 Å². The van der Waals surface area contributed by atoms with E-state index in [-0.39, 0.29) is 10.6 Å². The molecule has 1 aromatic rings. The number of hydrogen-bond donors (Lipinski definition) is 1. The van der Waals surface area contributed by atoms with Crippen LogP contribution in [-0.4, -0.2) is 17.2 Å². The topological polar surface area (TPSA) is 69.2 Å². The van der Waals surface area contributed by atoms with Gasteiger partial charge in [-0.25, -0.2) is 0 Å². The van der Waals surface area contributed by atoms with Crippen molar-refractivity contribution in [2.45, 2.75) is 18.6 Å². The summed E-state index contributed by atoms with van der Waals surface area (Å²) in [7, 11) is 0. The first-order chi connectivity index (χ1) is 7.74. The smallest absolute Gasteiger partial charge is 0.269 e. The second kappa shape index (κ2) is 7.24. The number of hydrogen-bond acceptors (Lipinski definition) is 4. The van der Waals surface area contributed by atoms with Crippen molar-refractivity contribution in [3.63, 3.8) is 0 Å². The molecule has 0 aliphatic carbocycles. The molecule has 0 aliphatic heterocycles. The summed E-state index contributed by atoms with van der Waals surface area (Å²) < 4.78 is 0. The fourth-order valence-electron chi connectivity index (χ4n) is 1.25. The highest BCUT2D eigenvalue weighted by Gasteiger charge is 2.03. The van der Waals surface area contributed by atoms with Gasteiger partial charge >= 0.3 is 0 Å². The van der Waals surface area contributed by atoms with Crippen LogP contribution in [0, 0.1) is 10.1 Å². The van der Waals surface area contributed by atoms with Gasteiger partial charge in [-0.2, -0.15) is 11.8 Å². The van der Waals surface area contributed by atoms with E-state index in [0.29, 0.717) is 0 Å². The van der Waals surface area contributed by atoms with Crippen molar-refractivity contribution in [2.24, 2.45) is 5.73 Å². The van der Waals surface area contributed by atoms with Gasteiger partial charge in [0.15, 0.2) is 0 Å². The average molecular weight is 240 g/mol. The Balaban J connectivity index is 2.29. The number of thioether (sulfide) groups is 1. The molecule has 0 fully saturated rings. The SMILES string of the molecule is NCCCCSCc1ccc([N+](=O)[O-])cc1. The number of nitrogens with zero attached hydrogens (tertiary/aromatic N) is 1. The molecule has 0 saturated heterocycles. The van der Waals surface area contributed by atoms with Gasteiger partial charge in [0, 0.05) is 17.9 Å². The summed E-state index contributed by atoms with van der Waals surface area (Å²) in [6.45, 7) is 0.748. The lowest BCUT2D eigenvalue weighted by Gasteiger charge is -2.01. The maximum Gasteiger partial charge on any atom is 0.269 e. The fourth-order valence-corrected chi connectivity index (χ4v) is 2.23. The minimum atomic E-state index is -0.377. The maximum atomic E-state index is 10.4. The standard InChI is InChI=1S/C11H16N2O2S/c12-7-1-2-8-16-9-10-3-5-11(6-4-10)13(14)15/h3-6H,1-2,7-9,12H2. The molecule has 88 valence electrons. The first kappa shape index (κ1) is 13.0. The second-order valence-corrected chi connectivity index (χ2v) is 4.58. The van der Waals surface area contributed by atoms with E-state index in [1.54, 1.807) is 12.1 Å². The highest BCUT2D eigenvalue weighted by atomic mass is 32.2. The van der Waals surface area contributed by atoms with Gasteiger partial charge in [0.05, 0.1) is 4.92 Å². The molecule has 0 heterocycles. The molecule has 0 radical (unpaired) electrons. The Kier molecular flexibility index (Phi) is 5.88. The minimum Gasteiger partial charge on any atom is -0.330 e. The second-order valence-electron chi connectivity index (χ2n) is 3.47. The number of unbranched alkanes of at least 4 members (excludes halogenated alkanes) is 1. The first-order valence-corrected chi connectivity index (χ1v) is 6.40. The third kappa shape index (κ3) is 4.63. The van der Waals surface area contributed by atoms with E-state index in [4.69, 9.17) is 5.73 Å². The third-order valence-electron chi connectivity index (χ3n) is 2.16. The van der Waals surface area contributed by atoms with Crippen LogP contribution in [0.4, 0.5) is 5.69 Å². The summed E-state index contributed by atoms with van der Waals surface area (Å²) in [6.07, 6.45) is 2.20. The van der Waals surface area contributed by atoms with Crippen LogP contribution in [-0.2, 0) is 5.75 Å². The van der Waals surface area contributed by atoms with Crippen LogP contribution in [0.2, 0.25) is 0 Å². The molecule has 0 aliphatic rings. The molecule has 0 saturated carbocycles. The van der Waals surface area contributed by atoms with Gasteiger partial charge < -0.3 is 5.73 Å². The summed E-state index contributed by atoms with van der Waals surface area (Å²) in [5, 5.41) is 10.4. The molecule has 1 rings (SSSR count). The Labute approximate surface area is 99.4 Å². The fraction of sp³-hybridized carbons (Fsp3) is 0.455. The van der Waals surface area contributed by atoms with Crippen LogP contribution in [0.3, 0.4) is 0 Å². The molecular weight excluding hydrogens is 224 g/mol. The molecule has 4 nitrogen and oxygen atoms in total. The van der Waals surface area contributed by atoms with Crippen molar-refractivity contribution >= 4 is 17.4 Å². The maximum absolute atomic E-state index is 10.4. The lowest BCUT2D eigenvalue weighted by Crippen LogP contribution is -1.98. The number of nitrogens with two attached hydrogens (primary N) is 1. The van der Waals surface area contributed by atoms with E-state index in [1.165, 1.54) is 0 Å². The zero-order chi connectivity index (χ0) is 11.8. The molecule has 0 spiro atoms. The molecular formula is C11H16N2O2S. The third-order valence-corrected chi connectivity index (χ3v) is 3.27. The lowest BCUT2D eigenvalue weighted by atomic mass is 10.2. The van der Waals surface area contributed by atoms with Crippen LogP contribution >= 0.6 is 11.8 Å². The minimum absolute atomic E-state index is 0.150. The van der Waals surface area contributed by atoms with Crippen molar-refractivity contribution < 1.29 is 4.92 Å². The van der Waals surface area contributed by atoms with Gasteiger partial charge in [0.25, 0.3) is 5.69 Å². The van der Waals surface area contributed by atoms with Crippen molar-refractivity contribution in [2.75, 3.05) is 12.3 Å². The number of benzene rings is 1. The van der Waals surface area contributed by atoms with Gasteiger partial charge in [0.2, 0.25) is 0 Å². The Morgan fingerprint density at radius 1 is 1.25 bits per heavy atom. The van der Waals surface area contributed by atoms with E-state index in [2.05, 4.69) is 0 Å². The largest absolute Gasteiger partial charge is 0.330 e. The number of rotatable bonds is 7. The molecule has 2 N–H and O–H groups in total. The van der Waals surface area contributed by atoms with Crippen molar-refractivity contribution in [3.05, 3.63) is 39.9 Å². The number of non-ortho nitro benzene ring substituents is 1. The quantitative estimate of drug-likeness (QED) is 0.452. The Morgan fingerprint density at radius 2 is 1.94 bits per heavy atom.